The number of nitrogens with zero attached hydrogens (tertiary/aromatic N) is 4. The van der Waals surface area contributed by atoms with Gasteiger partial charge in [-0.1, -0.05) is 63.7 Å². The summed E-state index contributed by atoms with van der Waals surface area (Å²) in [5.74, 6) is 0. The maximum atomic E-state index is 8.66. The van der Waals surface area contributed by atoms with Crippen molar-refractivity contribution in [1.82, 2.24) is 0 Å². The standard InChI is InChI=1S/2C10H6Br2N2/c2*11-9-1-2-10(12)8(4-6-14)7(9)3-5-13/h2*1-2H,3-4H2. The van der Waals surface area contributed by atoms with Crippen molar-refractivity contribution in [3.8, 4) is 24.3 Å². The molecule has 0 amide bonds. The van der Waals surface area contributed by atoms with Crippen molar-refractivity contribution in [2.24, 2.45) is 0 Å². The minimum Gasteiger partial charge on any atom is -0.198 e. The molecule has 2 aromatic rings. The van der Waals surface area contributed by atoms with Crippen molar-refractivity contribution in [2.45, 2.75) is 25.7 Å². The average Bonchev–Trinajstić information content (AvgIpc) is 2.67. The number of hydrogen-bond donors (Lipinski definition) is 0. The first kappa shape index (κ1) is 24.4. The predicted molar refractivity (Wildman–Crippen MR) is 121 cm³/mol. The van der Waals surface area contributed by atoms with Gasteiger partial charge in [0.05, 0.1) is 50.0 Å². The molecule has 2 rings (SSSR count). The lowest BCUT2D eigenvalue weighted by molar-refractivity contribution is 1.13. The van der Waals surface area contributed by atoms with Crippen LogP contribution >= 0.6 is 63.7 Å². The van der Waals surface area contributed by atoms with Crippen LogP contribution in [0.25, 0.3) is 0 Å². The van der Waals surface area contributed by atoms with Gasteiger partial charge in [-0.2, -0.15) is 21.0 Å². The fourth-order valence-electron chi connectivity index (χ4n) is 2.35. The van der Waals surface area contributed by atoms with Gasteiger partial charge in [0.25, 0.3) is 0 Å². The Bertz CT molecular complexity index is 855. The highest BCUT2D eigenvalue weighted by atomic mass is 79.9. The Morgan fingerprint density at radius 2 is 0.643 bits per heavy atom. The summed E-state index contributed by atoms with van der Waals surface area (Å²) in [6.45, 7) is 0. The van der Waals surface area contributed by atoms with Crippen LogP contribution in [0.3, 0.4) is 0 Å². The van der Waals surface area contributed by atoms with Gasteiger partial charge in [-0.3, -0.25) is 0 Å². The third kappa shape index (κ3) is 6.73. The van der Waals surface area contributed by atoms with Crippen LogP contribution in [-0.4, -0.2) is 0 Å². The van der Waals surface area contributed by atoms with Crippen LogP contribution in [0, 0.1) is 45.3 Å². The van der Waals surface area contributed by atoms with Crippen LogP contribution in [0.5, 0.6) is 0 Å². The number of hydrogen-bond acceptors (Lipinski definition) is 4. The Labute approximate surface area is 197 Å². The van der Waals surface area contributed by atoms with E-state index < -0.39 is 0 Å². The first-order chi connectivity index (χ1) is 13.4. The third-order valence-electron chi connectivity index (χ3n) is 3.66. The molecule has 0 unspecified atom stereocenters. The van der Waals surface area contributed by atoms with Crippen LogP contribution < -0.4 is 0 Å². The molecular formula is C20H12Br4N4. The summed E-state index contributed by atoms with van der Waals surface area (Å²) < 4.78 is 3.53. The summed E-state index contributed by atoms with van der Waals surface area (Å²) in [6, 6.07) is 15.9. The Morgan fingerprint density at radius 1 is 0.464 bits per heavy atom. The molecule has 0 bridgehead atoms. The number of rotatable bonds is 4. The van der Waals surface area contributed by atoms with Gasteiger partial charge in [0.1, 0.15) is 0 Å². The van der Waals surface area contributed by atoms with E-state index in [4.69, 9.17) is 21.0 Å². The normalized spacial score (nSPS) is 9.14. The van der Waals surface area contributed by atoms with Crippen molar-refractivity contribution in [3.63, 3.8) is 0 Å². The predicted octanol–water partition coefficient (Wildman–Crippen LogP) is 6.69. The zero-order valence-electron chi connectivity index (χ0n) is 14.4. The van der Waals surface area contributed by atoms with Gasteiger partial charge in [0, 0.05) is 17.9 Å². The summed E-state index contributed by atoms with van der Waals surface area (Å²) in [5.41, 5.74) is 3.57. The Hall–Kier alpha value is -1.68. The van der Waals surface area contributed by atoms with Crippen LogP contribution in [0.2, 0.25) is 0 Å². The lowest BCUT2D eigenvalue weighted by atomic mass is 10.0. The molecule has 28 heavy (non-hydrogen) atoms. The van der Waals surface area contributed by atoms with E-state index in [1.165, 1.54) is 0 Å². The first-order valence-corrected chi connectivity index (χ1v) is 11.0. The quantitative estimate of drug-likeness (QED) is 0.378. The van der Waals surface area contributed by atoms with Gasteiger partial charge in [0.15, 0.2) is 0 Å². The minimum atomic E-state index is 0.317. The van der Waals surface area contributed by atoms with Crippen molar-refractivity contribution in [3.05, 3.63) is 64.4 Å². The molecule has 0 aromatic heterocycles. The van der Waals surface area contributed by atoms with E-state index in [-0.39, 0.29) is 0 Å². The van der Waals surface area contributed by atoms with E-state index in [2.05, 4.69) is 88.0 Å². The molecule has 4 nitrogen and oxygen atoms in total. The molecule has 0 aliphatic carbocycles. The second kappa shape index (κ2) is 12.7. The Morgan fingerprint density at radius 3 is 0.786 bits per heavy atom. The highest BCUT2D eigenvalue weighted by Crippen LogP contribution is 2.29. The van der Waals surface area contributed by atoms with E-state index in [1.54, 1.807) is 0 Å². The number of nitriles is 4. The van der Waals surface area contributed by atoms with Gasteiger partial charge < -0.3 is 0 Å². The summed E-state index contributed by atoms with van der Waals surface area (Å²) in [7, 11) is 0. The SMILES string of the molecule is N#CCc1c(Br)ccc(Br)c1CC#N.N#CCc1c(Br)ccc(Br)c1CC#N. The zero-order chi connectivity index (χ0) is 21.1. The number of halogens is 4. The van der Waals surface area contributed by atoms with Crippen molar-refractivity contribution < 1.29 is 0 Å². The molecule has 0 spiro atoms. The van der Waals surface area contributed by atoms with Gasteiger partial charge in [-0.05, 0) is 46.5 Å². The van der Waals surface area contributed by atoms with Gasteiger partial charge in [-0.15, -0.1) is 0 Å². The average molecular weight is 628 g/mol. The lowest BCUT2D eigenvalue weighted by Crippen LogP contribution is -1.95. The third-order valence-corrected chi connectivity index (χ3v) is 6.63. The Kier molecular flexibility index (Phi) is 11.1. The molecule has 0 aliphatic rings. The van der Waals surface area contributed by atoms with Crippen molar-refractivity contribution in [2.75, 3.05) is 0 Å². The van der Waals surface area contributed by atoms with Crippen LogP contribution in [0.15, 0.2) is 42.2 Å². The van der Waals surface area contributed by atoms with E-state index >= 15 is 0 Å². The fraction of sp³-hybridized carbons (Fsp3) is 0.200. The van der Waals surface area contributed by atoms with E-state index in [9.17, 15) is 0 Å². The highest BCUT2D eigenvalue weighted by molar-refractivity contribution is 9.11. The molecule has 0 atom stereocenters. The van der Waals surface area contributed by atoms with Crippen molar-refractivity contribution >= 4 is 63.7 Å². The molecule has 0 fully saturated rings. The second-order valence-electron chi connectivity index (χ2n) is 5.31. The highest BCUT2D eigenvalue weighted by Gasteiger charge is 2.10. The first-order valence-electron chi connectivity index (χ1n) is 7.80. The summed E-state index contributed by atoms with van der Waals surface area (Å²) in [4.78, 5) is 0. The molecule has 2 aromatic carbocycles. The molecule has 0 aliphatic heterocycles. The molecule has 140 valence electrons. The lowest BCUT2D eigenvalue weighted by Gasteiger charge is -2.07. The smallest absolute Gasteiger partial charge is 0.0670 e. The van der Waals surface area contributed by atoms with E-state index in [0.717, 1.165) is 40.1 Å². The molecule has 0 saturated heterocycles. The maximum absolute atomic E-state index is 8.66. The van der Waals surface area contributed by atoms with Gasteiger partial charge in [0.2, 0.25) is 0 Å². The fourth-order valence-corrected chi connectivity index (χ4v) is 4.40. The van der Waals surface area contributed by atoms with Crippen molar-refractivity contribution in [1.29, 1.82) is 21.0 Å². The summed E-state index contributed by atoms with van der Waals surface area (Å²) in [6.07, 6.45) is 1.27. The number of benzene rings is 2. The maximum Gasteiger partial charge on any atom is 0.0670 e. The van der Waals surface area contributed by atoms with Crippen LogP contribution in [0.1, 0.15) is 22.3 Å². The minimum absolute atomic E-state index is 0.317. The topological polar surface area (TPSA) is 95.2 Å². The monoisotopic (exact) mass is 624 g/mol. The molecule has 0 N–H and O–H groups in total. The summed E-state index contributed by atoms with van der Waals surface area (Å²) in [5, 5.41) is 34.6. The summed E-state index contributed by atoms with van der Waals surface area (Å²) >= 11 is 13.5. The van der Waals surface area contributed by atoms with E-state index in [1.807, 2.05) is 24.3 Å². The molecular weight excluding hydrogens is 616 g/mol. The molecule has 8 heteroatoms. The van der Waals surface area contributed by atoms with Crippen LogP contribution in [-0.2, 0) is 25.7 Å². The second-order valence-corrected chi connectivity index (χ2v) is 8.73. The molecule has 0 saturated carbocycles. The van der Waals surface area contributed by atoms with Gasteiger partial charge in [-0.25, -0.2) is 0 Å². The van der Waals surface area contributed by atoms with Gasteiger partial charge >= 0.3 is 0 Å². The van der Waals surface area contributed by atoms with E-state index in [0.29, 0.717) is 25.7 Å². The molecule has 0 radical (unpaired) electrons. The largest absolute Gasteiger partial charge is 0.198 e. The zero-order valence-corrected chi connectivity index (χ0v) is 20.8. The van der Waals surface area contributed by atoms with Crippen LogP contribution in [0.4, 0.5) is 0 Å². The Balaban J connectivity index is 0.000000280. The molecule has 0 heterocycles.